The molecule has 0 amide bonds. The Morgan fingerprint density at radius 3 is 1.92 bits per heavy atom. The summed E-state index contributed by atoms with van der Waals surface area (Å²) in [5, 5.41) is 0. The Labute approximate surface area is 157 Å². The van der Waals surface area contributed by atoms with Gasteiger partial charge in [-0.1, -0.05) is 71.7 Å². The maximum absolute atomic E-state index is 4.38. The van der Waals surface area contributed by atoms with Crippen molar-refractivity contribution in [2.45, 2.75) is 74.1 Å². The van der Waals surface area contributed by atoms with E-state index in [0.29, 0.717) is 11.3 Å². The van der Waals surface area contributed by atoms with Gasteiger partial charge in [0.05, 0.1) is 0 Å². The molecule has 0 aliphatic rings. The molecule has 140 valence electrons. The molecular weight excluding hydrogens is 300 g/mol. The van der Waals surface area contributed by atoms with Gasteiger partial charge in [-0.3, -0.25) is 0 Å². The Kier molecular flexibility index (Phi) is 9.78. The van der Waals surface area contributed by atoms with Gasteiger partial charge in [-0.2, -0.15) is 0 Å². The van der Waals surface area contributed by atoms with Gasteiger partial charge in [0.25, 0.3) is 0 Å². The lowest BCUT2D eigenvalue weighted by Crippen LogP contribution is -2.12. The van der Waals surface area contributed by atoms with E-state index in [4.69, 9.17) is 0 Å². The molecule has 0 aromatic rings. The summed E-state index contributed by atoms with van der Waals surface area (Å²) in [5.41, 5.74) is 7.10. The van der Waals surface area contributed by atoms with Crippen LogP contribution in [-0.2, 0) is 0 Å². The van der Waals surface area contributed by atoms with Gasteiger partial charge in [0.15, 0.2) is 0 Å². The molecule has 0 radical (unpaired) electrons. The lowest BCUT2D eigenvalue weighted by atomic mass is 9.79. The van der Waals surface area contributed by atoms with Crippen LogP contribution in [-0.4, -0.2) is 0 Å². The van der Waals surface area contributed by atoms with Gasteiger partial charge < -0.3 is 0 Å². The zero-order valence-electron chi connectivity index (χ0n) is 17.9. The van der Waals surface area contributed by atoms with Crippen molar-refractivity contribution in [2.24, 2.45) is 11.3 Å². The summed E-state index contributed by atoms with van der Waals surface area (Å²) in [6.07, 6.45) is 8.53. The summed E-state index contributed by atoms with van der Waals surface area (Å²) in [4.78, 5) is 0. The van der Waals surface area contributed by atoms with E-state index in [1.54, 1.807) is 0 Å². The van der Waals surface area contributed by atoms with Crippen molar-refractivity contribution in [1.29, 1.82) is 0 Å². The highest BCUT2D eigenvalue weighted by atomic mass is 14.2. The molecular formula is C25H40. The van der Waals surface area contributed by atoms with E-state index in [-0.39, 0.29) is 0 Å². The van der Waals surface area contributed by atoms with Crippen LogP contribution in [0.25, 0.3) is 0 Å². The van der Waals surface area contributed by atoms with Gasteiger partial charge in [-0.25, -0.2) is 0 Å². The third kappa shape index (κ3) is 7.90. The van der Waals surface area contributed by atoms with Crippen LogP contribution < -0.4 is 0 Å². The second kappa shape index (κ2) is 10.4. The molecule has 1 atom stereocenters. The van der Waals surface area contributed by atoms with Crippen LogP contribution in [0.5, 0.6) is 0 Å². The minimum atomic E-state index is 0.345. The zero-order chi connectivity index (χ0) is 19.8. The second-order valence-corrected chi connectivity index (χ2v) is 8.25. The van der Waals surface area contributed by atoms with Crippen LogP contribution in [0.15, 0.2) is 71.9 Å². The molecule has 0 spiro atoms. The molecule has 0 heterocycles. The molecule has 0 aromatic heterocycles. The van der Waals surface area contributed by atoms with Crippen LogP contribution in [0.2, 0.25) is 0 Å². The van der Waals surface area contributed by atoms with E-state index in [1.807, 2.05) is 6.92 Å². The SMILES string of the molecule is C=C(CC(CCC(C)(C)C)C(=C)CC)C(=CC)C(=C)C(=C)C(C)=CC. The largest absolute Gasteiger partial charge is 0.0996 e. The van der Waals surface area contributed by atoms with Crippen molar-refractivity contribution in [3.8, 4) is 0 Å². The Bertz CT molecular complexity index is 570. The predicted molar refractivity (Wildman–Crippen MR) is 117 cm³/mol. The van der Waals surface area contributed by atoms with Gasteiger partial charge in [0.2, 0.25) is 0 Å². The highest BCUT2D eigenvalue weighted by Crippen LogP contribution is 2.35. The summed E-state index contributed by atoms with van der Waals surface area (Å²) >= 11 is 0. The third-order valence-electron chi connectivity index (χ3n) is 5.04. The molecule has 0 aliphatic carbocycles. The van der Waals surface area contributed by atoms with Crippen molar-refractivity contribution in [2.75, 3.05) is 0 Å². The maximum atomic E-state index is 4.38. The maximum Gasteiger partial charge on any atom is -0.0165 e. The highest BCUT2D eigenvalue weighted by molar-refractivity contribution is 5.58. The molecule has 0 saturated carbocycles. The minimum absolute atomic E-state index is 0.345. The van der Waals surface area contributed by atoms with Crippen LogP contribution in [0.3, 0.4) is 0 Å². The Morgan fingerprint density at radius 2 is 1.52 bits per heavy atom. The molecule has 1 unspecified atom stereocenters. The molecule has 0 N–H and O–H groups in total. The number of hydrogen-bond acceptors (Lipinski definition) is 0. The van der Waals surface area contributed by atoms with E-state index >= 15 is 0 Å². The zero-order valence-corrected chi connectivity index (χ0v) is 17.9. The summed E-state index contributed by atoms with van der Waals surface area (Å²) in [7, 11) is 0. The van der Waals surface area contributed by atoms with E-state index in [9.17, 15) is 0 Å². The number of rotatable bonds is 10. The molecule has 25 heavy (non-hydrogen) atoms. The smallest absolute Gasteiger partial charge is 0.0165 e. The molecule has 0 aromatic carbocycles. The van der Waals surface area contributed by atoms with E-state index < -0.39 is 0 Å². The summed E-state index contributed by atoms with van der Waals surface area (Å²) in [6, 6.07) is 0. The van der Waals surface area contributed by atoms with Crippen LogP contribution >= 0.6 is 0 Å². The summed E-state index contributed by atoms with van der Waals surface area (Å²) < 4.78 is 0. The van der Waals surface area contributed by atoms with Gasteiger partial charge >= 0.3 is 0 Å². The average Bonchev–Trinajstić information content (AvgIpc) is 2.55. The number of hydrogen-bond donors (Lipinski definition) is 0. The second-order valence-electron chi connectivity index (χ2n) is 8.25. The van der Waals surface area contributed by atoms with Crippen molar-refractivity contribution in [1.82, 2.24) is 0 Å². The van der Waals surface area contributed by atoms with Crippen molar-refractivity contribution in [3.63, 3.8) is 0 Å². The van der Waals surface area contributed by atoms with Crippen molar-refractivity contribution < 1.29 is 0 Å². The first kappa shape index (κ1) is 23.4. The van der Waals surface area contributed by atoms with Gasteiger partial charge in [-0.05, 0) is 85.7 Å². The third-order valence-corrected chi connectivity index (χ3v) is 5.04. The Balaban J connectivity index is 5.28. The topological polar surface area (TPSA) is 0 Å². The minimum Gasteiger partial charge on any atom is -0.0996 e. The molecule has 0 saturated heterocycles. The van der Waals surface area contributed by atoms with Crippen molar-refractivity contribution >= 4 is 0 Å². The van der Waals surface area contributed by atoms with E-state index in [0.717, 1.165) is 41.6 Å². The highest BCUT2D eigenvalue weighted by Gasteiger charge is 2.20. The fraction of sp³-hybridized carbons (Fsp3) is 0.520. The fourth-order valence-electron chi connectivity index (χ4n) is 2.92. The summed E-state index contributed by atoms with van der Waals surface area (Å²) in [5.74, 6) is 0.482. The monoisotopic (exact) mass is 340 g/mol. The van der Waals surface area contributed by atoms with Gasteiger partial charge in [0.1, 0.15) is 0 Å². The first-order valence-corrected chi connectivity index (χ1v) is 9.52. The average molecular weight is 341 g/mol. The first-order chi connectivity index (χ1) is 11.5. The van der Waals surface area contributed by atoms with Gasteiger partial charge in [-0.15, -0.1) is 0 Å². The Morgan fingerprint density at radius 1 is 0.960 bits per heavy atom. The standard InChI is InChI=1S/C25H40/c1-12-18(4)21(7)22(8)24(14-3)20(6)17-23(19(5)13-2)15-16-25(9,10)11/h12,14,23H,5-8,13,15-17H2,1-4,9-11H3. The van der Waals surface area contributed by atoms with Crippen LogP contribution in [0, 0.1) is 11.3 Å². The molecule has 0 aliphatic heterocycles. The quantitative estimate of drug-likeness (QED) is 0.277. The molecule has 0 rings (SSSR count). The number of allylic oxidation sites excluding steroid dienone is 8. The lowest BCUT2D eigenvalue weighted by Gasteiger charge is -2.26. The normalized spacial score (nSPS) is 14.2. The van der Waals surface area contributed by atoms with Crippen LogP contribution in [0.4, 0.5) is 0 Å². The molecule has 0 nitrogen and oxygen atoms in total. The van der Waals surface area contributed by atoms with Crippen molar-refractivity contribution in [3.05, 3.63) is 71.9 Å². The predicted octanol–water partition coefficient (Wildman–Crippen LogP) is 8.37. The van der Waals surface area contributed by atoms with E-state index in [2.05, 4.69) is 80.0 Å². The Hall–Kier alpha value is -1.56. The fourth-order valence-corrected chi connectivity index (χ4v) is 2.92. The molecule has 0 heteroatoms. The van der Waals surface area contributed by atoms with E-state index in [1.165, 1.54) is 17.6 Å². The lowest BCUT2D eigenvalue weighted by molar-refractivity contribution is 0.334. The first-order valence-electron chi connectivity index (χ1n) is 9.52. The summed E-state index contributed by atoms with van der Waals surface area (Å²) in [6.45, 7) is 32.5. The van der Waals surface area contributed by atoms with Crippen LogP contribution in [0.1, 0.15) is 74.1 Å². The molecule has 0 bridgehead atoms. The molecule has 0 fully saturated rings. The van der Waals surface area contributed by atoms with Gasteiger partial charge in [0, 0.05) is 0 Å².